The number of anilines is 1. The molecule has 0 radical (unpaired) electrons. The Hall–Kier alpha value is -1.44. The van der Waals surface area contributed by atoms with Gasteiger partial charge in [0.2, 0.25) is 0 Å². The van der Waals surface area contributed by atoms with Gasteiger partial charge in [-0.3, -0.25) is 0 Å². The molecule has 0 saturated heterocycles. The van der Waals surface area contributed by atoms with Crippen LogP contribution >= 0.6 is 0 Å². The first kappa shape index (κ1) is 9.13. The Balaban J connectivity index is 2.21. The van der Waals surface area contributed by atoms with Crippen LogP contribution < -0.4 is 10.2 Å². The van der Waals surface area contributed by atoms with Crippen LogP contribution in [0.25, 0.3) is 0 Å². The lowest BCUT2D eigenvalue weighted by Crippen LogP contribution is -2.29. The summed E-state index contributed by atoms with van der Waals surface area (Å²) < 4.78 is 0. The van der Waals surface area contributed by atoms with Crippen molar-refractivity contribution in [3.05, 3.63) is 42.2 Å². The van der Waals surface area contributed by atoms with E-state index < -0.39 is 0 Å². The van der Waals surface area contributed by atoms with Crippen molar-refractivity contribution in [3.8, 4) is 0 Å². The Kier molecular flexibility index (Phi) is 2.44. The molecule has 1 aliphatic heterocycles. The van der Waals surface area contributed by atoms with Gasteiger partial charge >= 0.3 is 0 Å². The van der Waals surface area contributed by atoms with Crippen molar-refractivity contribution in [1.82, 2.24) is 5.32 Å². The van der Waals surface area contributed by atoms with E-state index in [1.807, 2.05) is 0 Å². The zero-order valence-electron chi connectivity index (χ0n) is 8.59. The highest BCUT2D eigenvalue weighted by Crippen LogP contribution is 2.29. The van der Waals surface area contributed by atoms with Gasteiger partial charge in [-0.25, -0.2) is 0 Å². The first-order valence-corrected chi connectivity index (χ1v) is 5.11. The van der Waals surface area contributed by atoms with E-state index in [4.69, 9.17) is 0 Å². The predicted molar refractivity (Wildman–Crippen MR) is 60.3 cm³/mol. The first-order chi connectivity index (χ1) is 6.83. The Morgan fingerprint density at radius 3 is 3.07 bits per heavy atom. The maximum absolute atomic E-state index is 4.04. The number of hydrogen-bond donors (Lipinski definition) is 1. The Morgan fingerprint density at radius 2 is 2.29 bits per heavy atom. The quantitative estimate of drug-likeness (QED) is 0.781. The van der Waals surface area contributed by atoms with Gasteiger partial charge in [0.05, 0.1) is 5.82 Å². The van der Waals surface area contributed by atoms with Crippen LogP contribution in [0.1, 0.15) is 12.5 Å². The van der Waals surface area contributed by atoms with Crippen LogP contribution in [0.2, 0.25) is 0 Å². The standard InChI is InChI=1S/C12H16N2/c1-3-13-10(2)14-9-8-11-6-4-5-7-12(11)14/h4-7,13H,2-3,8-9H2,1H3. The lowest BCUT2D eigenvalue weighted by molar-refractivity contribution is 0.786. The monoisotopic (exact) mass is 188 g/mol. The van der Waals surface area contributed by atoms with Gasteiger partial charge in [0, 0.05) is 18.8 Å². The second kappa shape index (κ2) is 3.74. The van der Waals surface area contributed by atoms with E-state index in [-0.39, 0.29) is 0 Å². The van der Waals surface area contributed by atoms with E-state index in [2.05, 4.69) is 48.0 Å². The molecule has 0 saturated carbocycles. The molecule has 0 fully saturated rings. The summed E-state index contributed by atoms with van der Waals surface area (Å²) in [6.45, 7) is 8.11. The summed E-state index contributed by atoms with van der Waals surface area (Å²) in [6.07, 6.45) is 1.13. The fraction of sp³-hybridized carbons (Fsp3) is 0.333. The summed E-state index contributed by atoms with van der Waals surface area (Å²) in [7, 11) is 0. The van der Waals surface area contributed by atoms with E-state index in [1.54, 1.807) is 0 Å². The lowest BCUT2D eigenvalue weighted by Gasteiger charge is -2.22. The number of fused-ring (bicyclic) bond motifs is 1. The van der Waals surface area contributed by atoms with E-state index in [0.717, 1.165) is 25.3 Å². The zero-order chi connectivity index (χ0) is 9.97. The van der Waals surface area contributed by atoms with Crippen LogP contribution in [0.3, 0.4) is 0 Å². The first-order valence-electron chi connectivity index (χ1n) is 5.11. The molecule has 0 spiro atoms. The summed E-state index contributed by atoms with van der Waals surface area (Å²) in [5.41, 5.74) is 2.73. The van der Waals surface area contributed by atoms with Crippen LogP contribution in [0.15, 0.2) is 36.7 Å². The molecule has 1 N–H and O–H groups in total. The van der Waals surface area contributed by atoms with Gasteiger partial charge < -0.3 is 10.2 Å². The maximum Gasteiger partial charge on any atom is 0.0983 e. The number of nitrogens with zero attached hydrogens (tertiary/aromatic N) is 1. The fourth-order valence-corrected chi connectivity index (χ4v) is 1.92. The van der Waals surface area contributed by atoms with Crippen LogP contribution in [-0.2, 0) is 6.42 Å². The van der Waals surface area contributed by atoms with Gasteiger partial charge in [-0.15, -0.1) is 0 Å². The third-order valence-electron chi connectivity index (χ3n) is 2.59. The minimum absolute atomic E-state index is 0.928. The van der Waals surface area contributed by atoms with E-state index >= 15 is 0 Å². The summed E-state index contributed by atoms with van der Waals surface area (Å²) in [6, 6.07) is 8.52. The SMILES string of the molecule is C=C(NCC)N1CCc2ccccc21. The number of rotatable bonds is 3. The molecule has 1 aliphatic rings. The highest BCUT2D eigenvalue weighted by molar-refractivity contribution is 5.61. The zero-order valence-corrected chi connectivity index (χ0v) is 8.59. The van der Waals surface area contributed by atoms with Crippen molar-refractivity contribution < 1.29 is 0 Å². The lowest BCUT2D eigenvalue weighted by atomic mass is 10.2. The number of nitrogens with one attached hydrogen (secondary N) is 1. The van der Waals surface area contributed by atoms with Crippen molar-refractivity contribution >= 4 is 5.69 Å². The molecule has 14 heavy (non-hydrogen) atoms. The van der Waals surface area contributed by atoms with Crippen LogP contribution in [-0.4, -0.2) is 13.1 Å². The van der Waals surface area contributed by atoms with Crippen molar-refractivity contribution in [2.24, 2.45) is 0 Å². The van der Waals surface area contributed by atoms with Crippen molar-refractivity contribution in [3.63, 3.8) is 0 Å². The average molecular weight is 188 g/mol. The molecular formula is C12H16N2. The molecule has 1 aromatic carbocycles. The molecule has 0 unspecified atom stereocenters. The Labute approximate surface area is 85.2 Å². The maximum atomic E-state index is 4.04. The van der Waals surface area contributed by atoms with Crippen molar-refractivity contribution in [2.45, 2.75) is 13.3 Å². The Bertz CT molecular complexity index is 344. The smallest absolute Gasteiger partial charge is 0.0983 e. The average Bonchev–Trinajstić information content (AvgIpc) is 2.61. The number of hydrogen-bond acceptors (Lipinski definition) is 2. The normalized spacial score (nSPS) is 13.9. The van der Waals surface area contributed by atoms with Crippen LogP contribution in [0, 0.1) is 0 Å². The molecular weight excluding hydrogens is 172 g/mol. The van der Waals surface area contributed by atoms with Crippen LogP contribution in [0.4, 0.5) is 5.69 Å². The molecule has 1 aromatic rings. The molecule has 0 aromatic heterocycles. The molecule has 2 heteroatoms. The largest absolute Gasteiger partial charge is 0.372 e. The molecule has 0 atom stereocenters. The minimum atomic E-state index is 0.928. The minimum Gasteiger partial charge on any atom is -0.372 e. The van der Waals surface area contributed by atoms with Gasteiger partial charge in [0.15, 0.2) is 0 Å². The van der Waals surface area contributed by atoms with Crippen molar-refractivity contribution in [2.75, 3.05) is 18.0 Å². The molecule has 74 valence electrons. The van der Waals surface area contributed by atoms with E-state index in [1.165, 1.54) is 11.3 Å². The van der Waals surface area contributed by atoms with E-state index in [9.17, 15) is 0 Å². The summed E-state index contributed by atoms with van der Waals surface area (Å²) in [5.74, 6) is 1.01. The summed E-state index contributed by atoms with van der Waals surface area (Å²) >= 11 is 0. The number of benzene rings is 1. The molecule has 2 rings (SSSR count). The highest BCUT2D eigenvalue weighted by Gasteiger charge is 2.19. The van der Waals surface area contributed by atoms with Gasteiger partial charge in [0.25, 0.3) is 0 Å². The summed E-state index contributed by atoms with van der Waals surface area (Å²) in [5, 5.41) is 3.26. The van der Waals surface area contributed by atoms with Crippen molar-refractivity contribution in [1.29, 1.82) is 0 Å². The summed E-state index contributed by atoms with van der Waals surface area (Å²) in [4.78, 5) is 2.25. The number of para-hydroxylation sites is 1. The van der Waals surface area contributed by atoms with Gasteiger partial charge in [0.1, 0.15) is 0 Å². The third-order valence-corrected chi connectivity index (χ3v) is 2.59. The van der Waals surface area contributed by atoms with Gasteiger partial charge in [-0.05, 0) is 25.0 Å². The molecule has 2 nitrogen and oxygen atoms in total. The predicted octanol–water partition coefficient (Wildman–Crippen LogP) is 2.13. The fourth-order valence-electron chi connectivity index (χ4n) is 1.92. The van der Waals surface area contributed by atoms with Gasteiger partial charge in [-0.2, -0.15) is 0 Å². The molecule has 1 heterocycles. The Morgan fingerprint density at radius 1 is 1.50 bits per heavy atom. The molecule has 0 bridgehead atoms. The van der Waals surface area contributed by atoms with Crippen LogP contribution in [0.5, 0.6) is 0 Å². The second-order valence-corrected chi connectivity index (χ2v) is 3.51. The van der Waals surface area contributed by atoms with Gasteiger partial charge in [-0.1, -0.05) is 24.8 Å². The van der Waals surface area contributed by atoms with E-state index in [0.29, 0.717) is 0 Å². The topological polar surface area (TPSA) is 15.3 Å². The highest BCUT2D eigenvalue weighted by atomic mass is 15.3. The molecule has 0 amide bonds. The second-order valence-electron chi connectivity index (χ2n) is 3.51. The third kappa shape index (κ3) is 1.48. The molecule has 0 aliphatic carbocycles.